The van der Waals surface area contributed by atoms with Crippen molar-refractivity contribution in [3.05, 3.63) is 77.4 Å². The first-order valence-electron chi connectivity index (χ1n) is 10.3. The first kappa shape index (κ1) is 22.5. The highest BCUT2D eigenvalue weighted by Crippen LogP contribution is 2.45. The number of hydrogen-bond donors (Lipinski definition) is 0. The van der Waals surface area contributed by atoms with E-state index < -0.39 is 17.7 Å². The summed E-state index contributed by atoms with van der Waals surface area (Å²) in [5.74, 6) is -1.99. The number of ketones is 1. The van der Waals surface area contributed by atoms with Gasteiger partial charge in [-0.3, -0.25) is 4.79 Å². The van der Waals surface area contributed by atoms with Gasteiger partial charge in [0.1, 0.15) is 12.4 Å². The van der Waals surface area contributed by atoms with Crippen molar-refractivity contribution in [2.45, 2.75) is 51.4 Å². The number of hydrogen-bond acceptors (Lipinski definition) is 5. The lowest BCUT2D eigenvalue weighted by Gasteiger charge is -2.42. The fraction of sp³-hybridized carbons (Fsp3) is 0.346. The molecule has 1 aliphatic carbocycles. The van der Waals surface area contributed by atoms with Gasteiger partial charge in [0.15, 0.2) is 0 Å². The van der Waals surface area contributed by atoms with E-state index in [1.165, 1.54) is 35.9 Å². The molecular formula is C26H28O5. The largest absolute Gasteiger partial charge is 0.458 e. The van der Waals surface area contributed by atoms with Gasteiger partial charge in [0, 0.05) is 5.56 Å². The number of fused-ring (bicyclic) bond motifs is 1. The van der Waals surface area contributed by atoms with Crippen LogP contribution >= 0.6 is 0 Å². The molecule has 3 rings (SSSR count). The summed E-state index contributed by atoms with van der Waals surface area (Å²) in [6, 6.07) is 11.3. The van der Waals surface area contributed by atoms with Crippen LogP contribution in [0.3, 0.4) is 0 Å². The van der Waals surface area contributed by atoms with E-state index in [2.05, 4.69) is 34.3 Å². The van der Waals surface area contributed by atoms with Gasteiger partial charge in [-0.15, -0.1) is 0 Å². The molecule has 0 aromatic heterocycles. The highest BCUT2D eigenvalue weighted by Gasteiger charge is 2.37. The zero-order chi connectivity index (χ0) is 22.8. The average Bonchev–Trinajstić information content (AvgIpc) is 2.75. The van der Waals surface area contributed by atoms with Crippen LogP contribution < -0.4 is 4.74 Å². The molecule has 0 N–H and O–H groups in total. The molecule has 1 aliphatic rings. The van der Waals surface area contributed by atoms with Crippen LogP contribution in [0.5, 0.6) is 5.75 Å². The van der Waals surface area contributed by atoms with Crippen LogP contribution in [0.2, 0.25) is 0 Å². The first-order valence-corrected chi connectivity index (χ1v) is 10.3. The minimum atomic E-state index is -0.963. The van der Waals surface area contributed by atoms with Crippen molar-refractivity contribution in [2.75, 3.05) is 6.61 Å². The average molecular weight is 421 g/mol. The lowest BCUT2D eigenvalue weighted by atomic mass is 9.63. The lowest BCUT2D eigenvalue weighted by Crippen LogP contribution is -2.34. The molecule has 0 atom stereocenters. The maximum atomic E-state index is 12.7. The second kappa shape index (κ2) is 8.50. The Hall–Kier alpha value is -3.21. The van der Waals surface area contributed by atoms with Crippen LogP contribution in [-0.2, 0) is 20.4 Å². The van der Waals surface area contributed by atoms with Crippen LogP contribution in [0, 0.1) is 0 Å². The lowest BCUT2D eigenvalue weighted by molar-refractivity contribution is -0.129. The fourth-order valence-electron chi connectivity index (χ4n) is 3.88. The maximum Gasteiger partial charge on any atom is 0.385 e. The monoisotopic (exact) mass is 420 g/mol. The van der Waals surface area contributed by atoms with Crippen molar-refractivity contribution < 1.29 is 23.9 Å². The van der Waals surface area contributed by atoms with Crippen molar-refractivity contribution in [2.24, 2.45) is 0 Å². The van der Waals surface area contributed by atoms with E-state index in [4.69, 9.17) is 9.47 Å². The fourth-order valence-corrected chi connectivity index (χ4v) is 3.88. The predicted molar refractivity (Wildman–Crippen MR) is 119 cm³/mol. The minimum absolute atomic E-state index is 0.0293. The molecule has 0 saturated heterocycles. The van der Waals surface area contributed by atoms with E-state index in [-0.39, 0.29) is 23.2 Å². The Bertz CT molecular complexity index is 1030. The quantitative estimate of drug-likeness (QED) is 0.212. The van der Waals surface area contributed by atoms with Crippen molar-refractivity contribution in [3.63, 3.8) is 0 Å². The third-order valence-corrected chi connectivity index (χ3v) is 5.93. The minimum Gasteiger partial charge on any atom is -0.458 e. The molecule has 0 saturated carbocycles. The molecule has 0 bridgehead atoms. The molecule has 0 unspecified atom stereocenters. The second-order valence-corrected chi connectivity index (χ2v) is 9.16. The van der Waals surface area contributed by atoms with Crippen molar-refractivity contribution in [3.8, 4) is 5.75 Å². The summed E-state index contributed by atoms with van der Waals surface area (Å²) in [5, 5.41) is 0. The Morgan fingerprint density at radius 1 is 0.903 bits per heavy atom. The van der Waals surface area contributed by atoms with Gasteiger partial charge in [-0.25, -0.2) is 9.59 Å². The molecule has 0 aliphatic heterocycles. The Labute approximate surface area is 183 Å². The molecular weight excluding hydrogens is 392 g/mol. The number of carbonyl (C=O) groups is 3. The molecule has 2 aromatic carbocycles. The van der Waals surface area contributed by atoms with Gasteiger partial charge in [-0.1, -0.05) is 52.5 Å². The third-order valence-electron chi connectivity index (χ3n) is 5.93. The highest BCUT2D eigenvalue weighted by molar-refractivity contribution is 6.41. The molecule has 5 nitrogen and oxygen atoms in total. The van der Waals surface area contributed by atoms with Crippen LogP contribution in [-0.4, -0.2) is 24.3 Å². The zero-order valence-electron chi connectivity index (χ0n) is 18.5. The summed E-state index contributed by atoms with van der Waals surface area (Å²) >= 11 is 0. The van der Waals surface area contributed by atoms with Gasteiger partial charge < -0.3 is 9.47 Å². The SMILES string of the molecule is C=CCOC(=O)c1ccc(OC(=O)C(=O)c2ccc3c(c2)C(C)(C)CCC3(C)C)cc1. The van der Waals surface area contributed by atoms with Crippen molar-refractivity contribution in [1.82, 2.24) is 0 Å². The normalized spacial score (nSPS) is 16.0. The number of benzene rings is 2. The summed E-state index contributed by atoms with van der Waals surface area (Å²) in [6.45, 7) is 12.3. The van der Waals surface area contributed by atoms with E-state index in [1.54, 1.807) is 6.07 Å². The predicted octanol–water partition coefficient (Wildman–Crippen LogP) is 5.17. The van der Waals surface area contributed by atoms with Gasteiger partial charge in [0.2, 0.25) is 0 Å². The molecule has 0 radical (unpaired) electrons. The van der Waals surface area contributed by atoms with Crippen LogP contribution in [0.15, 0.2) is 55.1 Å². The van der Waals surface area contributed by atoms with Crippen LogP contribution in [0.4, 0.5) is 0 Å². The van der Waals surface area contributed by atoms with E-state index in [9.17, 15) is 14.4 Å². The molecule has 5 heteroatoms. The molecule has 0 fully saturated rings. The molecule has 162 valence electrons. The second-order valence-electron chi connectivity index (χ2n) is 9.16. The smallest absolute Gasteiger partial charge is 0.385 e. The first-order chi connectivity index (χ1) is 14.5. The van der Waals surface area contributed by atoms with Gasteiger partial charge >= 0.3 is 11.9 Å². The van der Waals surface area contributed by atoms with E-state index in [0.29, 0.717) is 11.1 Å². The molecule has 0 spiro atoms. The Morgan fingerprint density at radius 3 is 2.10 bits per heavy atom. The molecule has 0 heterocycles. The van der Waals surface area contributed by atoms with Crippen LogP contribution in [0.25, 0.3) is 0 Å². The molecule has 31 heavy (non-hydrogen) atoms. The summed E-state index contributed by atoms with van der Waals surface area (Å²) in [7, 11) is 0. The van der Waals surface area contributed by atoms with Crippen LogP contribution in [0.1, 0.15) is 72.4 Å². The van der Waals surface area contributed by atoms with E-state index in [0.717, 1.165) is 18.4 Å². The summed E-state index contributed by atoms with van der Waals surface area (Å²) in [5.41, 5.74) is 2.91. The molecule has 0 amide bonds. The van der Waals surface area contributed by atoms with E-state index >= 15 is 0 Å². The number of rotatable bonds is 6. The molecule has 2 aromatic rings. The summed E-state index contributed by atoms with van der Waals surface area (Å²) < 4.78 is 10.2. The van der Waals surface area contributed by atoms with Crippen molar-refractivity contribution in [1.29, 1.82) is 0 Å². The summed E-state index contributed by atoms with van der Waals surface area (Å²) in [4.78, 5) is 37.0. The maximum absolute atomic E-state index is 12.7. The zero-order valence-corrected chi connectivity index (χ0v) is 18.5. The topological polar surface area (TPSA) is 69.7 Å². The van der Waals surface area contributed by atoms with Gasteiger partial charge in [0.05, 0.1) is 5.56 Å². The number of Topliss-reactive ketones (excluding diaryl/α,β-unsaturated/α-hetero) is 1. The third kappa shape index (κ3) is 4.76. The van der Waals surface area contributed by atoms with Gasteiger partial charge in [-0.05, 0) is 65.1 Å². The standard InChI is InChI=1S/C26H28O5/c1-6-15-30-23(28)17-7-10-19(11-8-17)31-24(29)22(27)18-9-12-20-21(16-18)26(4,5)14-13-25(20,2)3/h6-12,16H,1,13-15H2,2-5H3. The van der Waals surface area contributed by atoms with Gasteiger partial charge in [-0.2, -0.15) is 0 Å². The van der Waals surface area contributed by atoms with E-state index in [1.807, 2.05) is 12.1 Å². The van der Waals surface area contributed by atoms with Crippen molar-refractivity contribution >= 4 is 17.7 Å². The Kier molecular flexibility index (Phi) is 6.16. The van der Waals surface area contributed by atoms with Gasteiger partial charge in [0.25, 0.3) is 5.78 Å². The number of ether oxygens (including phenoxy) is 2. The highest BCUT2D eigenvalue weighted by atomic mass is 16.5. The summed E-state index contributed by atoms with van der Waals surface area (Å²) in [6.07, 6.45) is 3.55. The Morgan fingerprint density at radius 2 is 1.48 bits per heavy atom. The number of carbonyl (C=O) groups excluding carboxylic acids is 3. The Balaban J connectivity index is 1.76. The number of esters is 2.